The van der Waals surface area contributed by atoms with Crippen molar-refractivity contribution in [2.24, 2.45) is 5.73 Å². The predicted octanol–water partition coefficient (Wildman–Crippen LogP) is 1.30. The molecule has 0 saturated heterocycles. The molecule has 0 heterocycles. The summed E-state index contributed by atoms with van der Waals surface area (Å²) >= 11 is 0. The highest BCUT2D eigenvalue weighted by Gasteiger charge is 1.98. The Bertz CT molecular complexity index is 326. The maximum absolute atomic E-state index is 10.1. The van der Waals surface area contributed by atoms with Crippen molar-refractivity contribution in [3.8, 4) is 0 Å². The molecule has 0 saturated carbocycles. The Morgan fingerprint density at radius 3 is 1.74 bits per heavy atom. The topological polar surface area (TPSA) is 116 Å². The molecule has 0 aromatic carbocycles. The monoisotopic (exact) mass is 299 g/mol. The smallest absolute Gasteiger partial charge is 0.397 e. The van der Waals surface area contributed by atoms with Crippen molar-refractivity contribution in [2.45, 2.75) is 40.2 Å². The second-order valence-corrected chi connectivity index (χ2v) is 5.25. The molecule has 7 nitrogen and oxygen atoms in total. The fourth-order valence-electron chi connectivity index (χ4n) is 0.350. The number of hydrogen-bond acceptors (Lipinski definition) is 6. The molecule has 0 aromatic rings. The lowest BCUT2D eigenvalue weighted by Gasteiger charge is -2.06. The zero-order chi connectivity index (χ0) is 16.1. The molecule has 0 atom stereocenters. The van der Waals surface area contributed by atoms with Crippen molar-refractivity contribution in [3.63, 3.8) is 0 Å². The van der Waals surface area contributed by atoms with Gasteiger partial charge in [0.15, 0.2) is 0 Å². The fourth-order valence-corrected chi connectivity index (χ4v) is 0.648. The Hall–Kier alpha value is -0.960. The molecule has 0 aliphatic heterocycles. The van der Waals surface area contributed by atoms with E-state index in [2.05, 4.69) is 15.5 Å². The van der Waals surface area contributed by atoms with Crippen LogP contribution in [0, 0.1) is 0 Å². The van der Waals surface area contributed by atoms with Gasteiger partial charge in [0.05, 0.1) is 13.2 Å². The van der Waals surface area contributed by atoms with Gasteiger partial charge in [0.25, 0.3) is 0 Å². The third-order valence-electron chi connectivity index (χ3n) is 0.720. The molecule has 0 rings (SSSR count). The summed E-state index contributed by atoms with van der Waals surface area (Å²) in [6.45, 7) is 12.7. The van der Waals surface area contributed by atoms with Gasteiger partial charge < -0.3 is 10.5 Å². The van der Waals surface area contributed by atoms with Gasteiger partial charge in [0, 0.05) is 11.6 Å². The van der Waals surface area contributed by atoms with E-state index in [4.69, 9.17) is 10.3 Å². The summed E-state index contributed by atoms with van der Waals surface area (Å²) in [5, 5.41) is 0. The molecule has 0 bridgehead atoms. The van der Waals surface area contributed by atoms with Crippen LogP contribution in [-0.4, -0.2) is 37.7 Å². The summed E-state index contributed by atoms with van der Waals surface area (Å²) in [5.74, 6) is -0.359. The molecule has 0 unspecified atom stereocenters. The standard InChI is InChI=1S/C5H8O2.C4H11N.C2H6O4S/c1-3-5(6)7-4-2;1-4(2,3)5;1-2-6-7(3,4)5/h3H,1,4H2,2H3;5H2,1-3H3;2H2,1H3,(H,3,4,5). The van der Waals surface area contributed by atoms with Crippen LogP contribution in [0.4, 0.5) is 0 Å². The average Bonchev–Trinajstić information content (AvgIpc) is 2.14. The van der Waals surface area contributed by atoms with Crippen molar-refractivity contribution < 1.29 is 26.7 Å². The Balaban J connectivity index is -0.000000206. The lowest BCUT2D eigenvalue weighted by Crippen LogP contribution is -2.26. The third-order valence-corrected chi connectivity index (χ3v) is 1.25. The van der Waals surface area contributed by atoms with Crippen LogP contribution in [0.3, 0.4) is 0 Å². The van der Waals surface area contributed by atoms with E-state index in [-0.39, 0.29) is 18.1 Å². The molecule has 0 aromatic heterocycles. The molecule has 116 valence electrons. The predicted molar refractivity (Wildman–Crippen MR) is 73.9 cm³/mol. The molecular weight excluding hydrogens is 274 g/mol. The SMILES string of the molecule is C=CC(=O)OCC.CC(C)(C)N.CCOS(=O)(=O)O. The van der Waals surface area contributed by atoms with Gasteiger partial charge in [-0.2, -0.15) is 8.42 Å². The molecule has 0 spiro atoms. The van der Waals surface area contributed by atoms with Gasteiger partial charge in [-0.3, -0.25) is 4.55 Å². The quantitative estimate of drug-likeness (QED) is 0.456. The summed E-state index contributed by atoms with van der Waals surface area (Å²) in [6, 6.07) is 0. The van der Waals surface area contributed by atoms with Crippen LogP contribution in [0.2, 0.25) is 0 Å². The maximum Gasteiger partial charge on any atom is 0.397 e. The number of rotatable bonds is 4. The molecule has 0 amide bonds. The van der Waals surface area contributed by atoms with E-state index in [0.717, 1.165) is 6.08 Å². The van der Waals surface area contributed by atoms with E-state index < -0.39 is 10.4 Å². The van der Waals surface area contributed by atoms with E-state index in [1.54, 1.807) is 6.92 Å². The lowest BCUT2D eigenvalue weighted by molar-refractivity contribution is -0.137. The van der Waals surface area contributed by atoms with E-state index in [0.29, 0.717) is 6.61 Å². The number of nitrogens with two attached hydrogens (primary N) is 1. The summed E-state index contributed by atoms with van der Waals surface area (Å²) in [4.78, 5) is 10.1. The minimum absolute atomic E-state index is 0. The van der Waals surface area contributed by atoms with Gasteiger partial charge in [0.1, 0.15) is 0 Å². The number of carbonyl (C=O) groups excluding carboxylic acids is 1. The van der Waals surface area contributed by atoms with Crippen molar-refractivity contribution >= 4 is 16.4 Å². The first-order valence-corrected chi connectivity index (χ1v) is 6.93. The van der Waals surface area contributed by atoms with Crippen molar-refractivity contribution in [1.82, 2.24) is 0 Å². The van der Waals surface area contributed by atoms with Crippen molar-refractivity contribution in [2.75, 3.05) is 13.2 Å². The molecular formula is C11H25NO6S. The van der Waals surface area contributed by atoms with Gasteiger partial charge in [0.2, 0.25) is 0 Å². The lowest BCUT2D eigenvalue weighted by atomic mass is 10.1. The van der Waals surface area contributed by atoms with Crippen LogP contribution in [0.1, 0.15) is 34.6 Å². The van der Waals surface area contributed by atoms with Crippen LogP contribution in [-0.2, 0) is 24.1 Å². The van der Waals surface area contributed by atoms with E-state index in [1.807, 2.05) is 20.8 Å². The highest BCUT2D eigenvalue weighted by molar-refractivity contribution is 7.80. The summed E-state index contributed by atoms with van der Waals surface area (Å²) in [5.41, 5.74) is 5.35. The van der Waals surface area contributed by atoms with Crippen LogP contribution >= 0.6 is 0 Å². The first kappa shape index (κ1) is 23.2. The maximum atomic E-state index is 10.1. The Kier molecular flexibility index (Phi) is 14.7. The molecule has 8 heteroatoms. The first-order chi connectivity index (χ1) is 8.37. The normalized spacial score (nSPS) is 10.3. The number of ether oxygens (including phenoxy) is 1. The molecule has 19 heavy (non-hydrogen) atoms. The van der Waals surface area contributed by atoms with Crippen molar-refractivity contribution in [1.29, 1.82) is 0 Å². The summed E-state index contributed by atoms with van der Waals surface area (Å²) in [7, 11) is -4.17. The van der Waals surface area contributed by atoms with Gasteiger partial charge >= 0.3 is 16.4 Å². The van der Waals surface area contributed by atoms with Gasteiger partial charge in [-0.1, -0.05) is 6.58 Å². The third kappa shape index (κ3) is 59.6. The molecule has 0 fully saturated rings. The first-order valence-electron chi connectivity index (χ1n) is 5.57. The second-order valence-electron chi connectivity index (χ2n) is 4.16. The Morgan fingerprint density at radius 1 is 1.32 bits per heavy atom. The number of esters is 1. The Labute approximate surface area is 115 Å². The summed E-state index contributed by atoms with van der Waals surface area (Å²) in [6.07, 6.45) is 1.14. The molecule has 0 radical (unpaired) electrons. The molecule has 3 N–H and O–H groups in total. The molecule has 0 aliphatic carbocycles. The van der Waals surface area contributed by atoms with E-state index >= 15 is 0 Å². The Morgan fingerprint density at radius 2 is 1.68 bits per heavy atom. The molecule has 0 aliphatic rings. The fraction of sp³-hybridized carbons (Fsp3) is 0.727. The van der Waals surface area contributed by atoms with Crippen LogP contribution in [0.15, 0.2) is 12.7 Å². The highest BCUT2D eigenvalue weighted by Crippen LogP contribution is 1.88. The van der Waals surface area contributed by atoms with Crippen LogP contribution in [0.5, 0.6) is 0 Å². The van der Waals surface area contributed by atoms with Gasteiger partial charge in [-0.25, -0.2) is 8.98 Å². The zero-order valence-corrected chi connectivity index (χ0v) is 13.0. The average molecular weight is 299 g/mol. The van der Waals surface area contributed by atoms with Crippen molar-refractivity contribution in [3.05, 3.63) is 12.7 Å². The van der Waals surface area contributed by atoms with E-state index in [1.165, 1.54) is 6.92 Å². The van der Waals surface area contributed by atoms with E-state index in [9.17, 15) is 13.2 Å². The minimum atomic E-state index is -4.17. The largest absolute Gasteiger partial charge is 0.463 e. The zero-order valence-electron chi connectivity index (χ0n) is 12.2. The van der Waals surface area contributed by atoms with Crippen LogP contribution in [0.25, 0.3) is 0 Å². The summed E-state index contributed by atoms with van der Waals surface area (Å²) < 4.78 is 35.1. The van der Waals surface area contributed by atoms with Gasteiger partial charge in [-0.05, 0) is 34.6 Å². The van der Waals surface area contributed by atoms with Crippen LogP contribution < -0.4 is 5.73 Å². The van der Waals surface area contributed by atoms with Gasteiger partial charge in [-0.15, -0.1) is 0 Å². The highest BCUT2D eigenvalue weighted by atomic mass is 32.3. The number of hydrogen-bond donors (Lipinski definition) is 2. The number of carbonyl (C=O) groups is 1. The second kappa shape index (κ2) is 12.1. The minimum Gasteiger partial charge on any atom is -0.463 e.